The highest BCUT2D eigenvalue weighted by molar-refractivity contribution is 9.10. The molecule has 0 aliphatic carbocycles. The fourth-order valence-electron chi connectivity index (χ4n) is 2.07. The lowest BCUT2D eigenvalue weighted by molar-refractivity contribution is 0.222. The van der Waals surface area contributed by atoms with Gasteiger partial charge in [0.25, 0.3) is 0 Å². The Morgan fingerprint density at radius 1 is 1.16 bits per heavy atom. The number of aliphatic hydroxyl groups excluding tert-OH is 1. The van der Waals surface area contributed by atoms with Crippen molar-refractivity contribution in [1.29, 1.82) is 0 Å². The van der Waals surface area contributed by atoms with Crippen molar-refractivity contribution in [2.45, 2.75) is 6.10 Å². The summed E-state index contributed by atoms with van der Waals surface area (Å²) in [5.41, 5.74) is 1.77. The van der Waals surface area contributed by atoms with E-state index < -0.39 is 6.10 Å². The van der Waals surface area contributed by atoms with Gasteiger partial charge in [-0.2, -0.15) is 0 Å². The molecule has 96 valence electrons. The second-order valence-electron chi connectivity index (χ2n) is 4.26. The molecule has 1 aromatic heterocycles. The predicted molar refractivity (Wildman–Crippen MR) is 85.0 cm³/mol. The third kappa shape index (κ3) is 2.43. The molecule has 1 atom stereocenters. The first-order valence-corrected chi connectivity index (χ1v) is 7.81. The molecule has 19 heavy (non-hydrogen) atoms. The number of benzene rings is 2. The Hall–Kier alpha value is -0.870. The molecule has 0 saturated carbocycles. The van der Waals surface area contributed by atoms with Gasteiger partial charge in [0.1, 0.15) is 6.10 Å². The van der Waals surface area contributed by atoms with Crippen LogP contribution in [0.25, 0.3) is 10.1 Å². The molecule has 0 saturated heterocycles. The van der Waals surface area contributed by atoms with E-state index in [1.807, 2.05) is 35.7 Å². The van der Waals surface area contributed by atoms with Crippen molar-refractivity contribution in [2.75, 3.05) is 0 Å². The summed E-state index contributed by atoms with van der Waals surface area (Å²) in [5.74, 6) is 0. The smallest absolute Gasteiger partial charge is 0.105 e. The molecule has 3 aromatic rings. The normalized spacial score (nSPS) is 12.8. The largest absolute Gasteiger partial charge is 0.384 e. The molecular formula is C15H10BrClOS. The summed E-state index contributed by atoms with van der Waals surface area (Å²) in [4.78, 5) is 0. The topological polar surface area (TPSA) is 20.2 Å². The predicted octanol–water partition coefficient (Wildman–Crippen LogP) is 5.40. The van der Waals surface area contributed by atoms with E-state index in [1.165, 1.54) is 4.70 Å². The summed E-state index contributed by atoms with van der Waals surface area (Å²) in [7, 11) is 0. The van der Waals surface area contributed by atoms with Gasteiger partial charge in [-0.3, -0.25) is 0 Å². The zero-order chi connectivity index (χ0) is 13.4. The molecule has 0 radical (unpaired) electrons. The quantitative estimate of drug-likeness (QED) is 0.654. The number of rotatable bonds is 2. The van der Waals surface area contributed by atoms with Gasteiger partial charge in [-0.05, 0) is 50.5 Å². The van der Waals surface area contributed by atoms with E-state index in [1.54, 1.807) is 17.4 Å². The number of thiophene rings is 1. The van der Waals surface area contributed by atoms with Crippen molar-refractivity contribution in [2.24, 2.45) is 0 Å². The third-order valence-electron chi connectivity index (χ3n) is 3.06. The second kappa shape index (κ2) is 5.25. The highest BCUT2D eigenvalue weighted by Crippen LogP contribution is 2.35. The minimum Gasteiger partial charge on any atom is -0.384 e. The zero-order valence-corrected chi connectivity index (χ0v) is 13.0. The standard InChI is InChI=1S/C15H10BrClOS/c16-12-7-9(5-6-13(12)17)15(18)11-8-19-14-4-2-1-3-10(11)14/h1-8,15,18H. The lowest BCUT2D eigenvalue weighted by atomic mass is 10.0. The lowest BCUT2D eigenvalue weighted by Gasteiger charge is -2.11. The van der Waals surface area contributed by atoms with Crippen molar-refractivity contribution in [1.82, 2.24) is 0 Å². The average Bonchev–Trinajstić information content (AvgIpc) is 2.85. The minimum atomic E-state index is -0.635. The van der Waals surface area contributed by atoms with Gasteiger partial charge in [-0.1, -0.05) is 35.9 Å². The summed E-state index contributed by atoms with van der Waals surface area (Å²) in [6.07, 6.45) is -0.635. The molecule has 1 N–H and O–H groups in total. The molecule has 3 rings (SSSR count). The highest BCUT2D eigenvalue weighted by Gasteiger charge is 2.15. The van der Waals surface area contributed by atoms with Crippen LogP contribution < -0.4 is 0 Å². The monoisotopic (exact) mass is 352 g/mol. The summed E-state index contributed by atoms with van der Waals surface area (Å²) < 4.78 is 1.98. The molecule has 0 aliphatic rings. The fourth-order valence-corrected chi connectivity index (χ4v) is 3.57. The van der Waals surface area contributed by atoms with Gasteiger partial charge in [0.2, 0.25) is 0 Å². The van der Waals surface area contributed by atoms with Gasteiger partial charge in [-0.25, -0.2) is 0 Å². The maximum atomic E-state index is 10.5. The number of hydrogen-bond acceptors (Lipinski definition) is 2. The van der Waals surface area contributed by atoms with Gasteiger partial charge >= 0.3 is 0 Å². The average molecular weight is 354 g/mol. The van der Waals surface area contributed by atoms with Gasteiger partial charge in [0.05, 0.1) is 5.02 Å². The summed E-state index contributed by atoms with van der Waals surface area (Å²) in [5, 5.41) is 14.3. The van der Waals surface area contributed by atoms with E-state index in [2.05, 4.69) is 22.0 Å². The molecule has 0 spiro atoms. The number of halogens is 2. The molecule has 1 nitrogen and oxygen atoms in total. The Kier molecular flexibility index (Phi) is 3.63. The van der Waals surface area contributed by atoms with E-state index in [0.29, 0.717) is 5.02 Å². The van der Waals surface area contributed by atoms with E-state index >= 15 is 0 Å². The van der Waals surface area contributed by atoms with Crippen LogP contribution >= 0.6 is 38.9 Å². The van der Waals surface area contributed by atoms with Crippen LogP contribution in [-0.4, -0.2) is 5.11 Å². The zero-order valence-electron chi connectivity index (χ0n) is 9.81. The maximum absolute atomic E-state index is 10.5. The summed E-state index contributed by atoms with van der Waals surface area (Å²) in [6, 6.07) is 13.6. The van der Waals surface area contributed by atoms with Gasteiger partial charge in [-0.15, -0.1) is 11.3 Å². The van der Waals surface area contributed by atoms with Crippen LogP contribution in [0.4, 0.5) is 0 Å². The molecule has 4 heteroatoms. The van der Waals surface area contributed by atoms with Crippen molar-refractivity contribution >= 4 is 49.0 Å². The van der Waals surface area contributed by atoms with Crippen LogP contribution in [0.15, 0.2) is 52.3 Å². The number of aliphatic hydroxyl groups is 1. The van der Waals surface area contributed by atoms with Crippen LogP contribution in [0.3, 0.4) is 0 Å². The highest BCUT2D eigenvalue weighted by atomic mass is 79.9. The Balaban J connectivity index is 2.08. The second-order valence-corrected chi connectivity index (χ2v) is 6.44. The molecule has 0 fully saturated rings. The van der Waals surface area contributed by atoms with Crippen LogP contribution in [0.2, 0.25) is 5.02 Å². The number of hydrogen-bond donors (Lipinski definition) is 1. The van der Waals surface area contributed by atoms with Crippen molar-refractivity contribution < 1.29 is 5.11 Å². The first-order valence-electron chi connectivity index (χ1n) is 5.76. The molecule has 0 bridgehead atoms. The van der Waals surface area contributed by atoms with Crippen molar-refractivity contribution in [3.63, 3.8) is 0 Å². The minimum absolute atomic E-state index is 0.635. The van der Waals surface area contributed by atoms with E-state index in [4.69, 9.17) is 11.6 Å². The van der Waals surface area contributed by atoms with E-state index in [0.717, 1.165) is 21.0 Å². The van der Waals surface area contributed by atoms with Gasteiger partial charge in [0, 0.05) is 14.7 Å². The summed E-state index contributed by atoms with van der Waals surface area (Å²) >= 11 is 11.0. The molecule has 1 unspecified atom stereocenters. The van der Waals surface area contributed by atoms with Crippen LogP contribution in [0, 0.1) is 0 Å². The molecular weight excluding hydrogens is 344 g/mol. The van der Waals surface area contributed by atoms with Crippen LogP contribution in [-0.2, 0) is 0 Å². The van der Waals surface area contributed by atoms with Gasteiger partial charge < -0.3 is 5.11 Å². The molecule has 2 aromatic carbocycles. The van der Waals surface area contributed by atoms with Crippen molar-refractivity contribution in [3.05, 3.63) is 68.5 Å². The Labute approximate surface area is 128 Å². The van der Waals surface area contributed by atoms with E-state index in [-0.39, 0.29) is 0 Å². The number of fused-ring (bicyclic) bond motifs is 1. The fraction of sp³-hybridized carbons (Fsp3) is 0.0667. The Bertz CT molecular complexity index is 738. The summed E-state index contributed by atoms with van der Waals surface area (Å²) in [6.45, 7) is 0. The molecule has 0 aliphatic heterocycles. The SMILES string of the molecule is OC(c1ccc(Cl)c(Br)c1)c1csc2ccccc12. The first-order chi connectivity index (χ1) is 9.16. The molecule has 1 heterocycles. The molecule has 0 amide bonds. The third-order valence-corrected chi connectivity index (χ3v) is 5.26. The first kappa shape index (κ1) is 13.1. The van der Waals surface area contributed by atoms with E-state index in [9.17, 15) is 5.11 Å². The Morgan fingerprint density at radius 2 is 1.95 bits per heavy atom. The van der Waals surface area contributed by atoms with Crippen LogP contribution in [0.1, 0.15) is 17.2 Å². The van der Waals surface area contributed by atoms with Gasteiger partial charge in [0.15, 0.2) is 0 Å². The van der Waals surface area contributed by atoms with Crippen molar-refractivity contribution in [3.8, 4) is 0 Å². The lowest BCUT2D eigenvalue weighted by Crippen LogP contribution is -1.98. The maximum Gasteiger partial charge on any atom is 0.105 e. The van der Waals surface area contributed by atoms with Crippen LogP contribution in [0.5, 0.6) is 0 Å². The Morgan fingerprint density at radius 3 is 2.74 bits per heavy atom.